The van der Waals surface area contributed by atoms with E-state index in [0.29, 0.717) is 23.0 Å². The van der Waals surface area contributed by atoms with Crippen LogP contribution >= 0.6 is 0 Å². The van der Waals surface area contributed by atoms with Crippen LogP contribution in [0.25, 0.3) is 0 Å². The molecule has 2 aromatic rings. The van der Waals surface area contributed by atoms with E-state index in [4.69, 9.17) is 4.74 Å². The molecule has 1 fully saturated rings. The van der Waals surface area contributed by atoms with E-state index >= 15 is 0 Å². The van der Waals surface area contributed by atoms with Gasteiger partial charge < -0.3 is 15.4 Å². The maximum Gasteiger partial charge on any atom is 0.262 e. The van der Waals surface area contributed by atoms with Crippen LogP contribution in [0, 0.1) is 0 Å². The van der Waals surface area contributed by atoms with E-state index in [1.54, 1.807) is 24.3 Å². The minimum atomic E-state index is -0.265. The van der Waals surface area contributed by atoms with Gasteiger partial charge in [0.2, 0.25) is 0 Å². The minimum absolute atomic E-state index is 0.0731. The number of nitrogens with one attached hydrogen (secondary N) is 2. The van der Waals surface area contributed by atoms with Crippen LogP contribution in [0.4, 0.5) is 5.69 Å². The van der Waals surface area contributed by atoms with E-state index < -0.39 is 0 Å². The number of carbonyl (C=O) groups is 2. The number of ether oxygens (including phenoxy) is 1. The summed E-state index contributed by atoms with van der Waals surface area (Å²) in [6.07, 6.45) is 2.07. The zero-order valence-corrected chi connectivity index (χ0v) is 16.0. The highest BCUT2D eigenvalue weighted by Gasteiger charge is 2.24. The number of amides is 2. The molecular formula is C22H26N2O3. The third-order valence-corrected chi connectivity index (χ3v) is 4.37. The van der Waals surface area contributed by atoms with Crippen molar-refractivity contribution in [1.29, 1.82) is 0 Å². The number of hydrogen-bond donors (Lipinski definition) is 2. The van der Waals surface area contributed by atoms with Crippen LogP contribution in [-0.4, -0.2) is 24.5 Å². The molecular weight excluding hydrogens is 340 g/mol. The second-order valence-electron chi connectivity index (χ2n) is 7.91. The Balaban J connectivity index is 1.59. The SMILES string of the molecule is CC(C)(C)c1ccccc1OCC(=O)Nc1cccc(C(=O)NC2CC2)c1. The number of rotatable bonds is 6. The van der Waals surface area contributed by atoms with E-state index in [1.165, 1.54) is 0 Å². The summed E-state index contributed by atoms with van der Waals surface area (Å²) in [7, 11) is 0. The number of para-hydroxylation sites is 1. The molecule has 0 saturated heterocycles. The number of hydrogen-bond acceptors (Lipinski definition) is 3. The Kier molecular flexibility index (Phi) is 5.49. The predicted octanol–water partition coefficient (Wildman–Crippen LogP) is 3.89. The second-order valence-corrected chi connectivity index (χ2v) is 7.91. The highest BCUT2D eigenvalue weighted by Crippen LogP contribution is 2.30. The fourth-order valence-corrected chi connectivity index (χ4v) is 2.79. The molecule has 142 valence electrons. The topological polar surface area (TPSA) is 67.4 Å². The molecule has 0 aliphatic heterocycles. The van der Waals surface area contributed by atoms with Crippen molar-refractivity contribution in [3.63, 3.8) is 0 Å². The molecule has 5 nitrogen and oxygen atoms in total. The van der Waals surface area contributed by atoms with Gasteiger partial charge >= 0.3 is 0 Å². The molecule has 0 atom stereocenters. The van der Waals surface area contributed by atoms with Gasteiger partial charge in [0.15, 0.2) is 6.61 Å². The summed E-state index contributed by atoms with van der Waals surface area (Å²) < 4.78 is 5.74. The molecule has 0 unspecified atom stereocenters. The number of benzene rings is 2. The number of anilines is 1. The van der Waals surface area contributed by atoms with Gasteiger partial charge in [-0.2, -0.15) is 0 Å². The van der Waals surface area contributed by atoms with Crippen LogP contribution in [0.3, 0.4) is 0 Å². The van der Waals surface area contributed by atoms with Gasteiger partial charge in [-0.1, -0.05) is 45.0 Å². The van der Waals surface area contributed by atoms with Gasteiger partial charge in [-0.15, -0.1) is 0 Å². The summed E-state index contributed by atoms with van der Waals surface area (Å²) in [5, 5.41) is 5.73. The highest BCUT2D eigenvalue weighted by atomic mass is 16.5. The maximum atomic E-state index is 12.3. The second kappa shape index (κ2) is 7.82. The average molecular weight is 366 g/mol. The Morgan fingerprint density at radius 1 is 1.07 bits per heavy atom. The van der Waals surface area contributed by atoms with Crippen molar-refractivity contribution in [3.05, 3.63) is 59.7 Å². The quantitative estimate of drug-likeness (QED) is 0.815. The van der Waals surface area contributed by atoms with Crippen LogP contribution in [0.2, 0.25) is 0 Å². The van der Waals surface area contributed by atoms with Crippen molar-refractivity contribution >= 4 is 17.5 Å². The molecule has 0 spiro atoms. The first-order chi connectivity index (χ1) is 12.8. The Bertz CT molecular complexity index is 835. The first-order valence-electron chi connectivity index (χ1n) is 9.26. The molecule has 3 rings (SSSR count). The normalized spacial score (nSPS) is 13.7. The zero-order chi connectivity index (χ0) is 19.4. The summed E-state index contributed by atoms with van der Waals surface area (Å²) in [6, 6.07) is 15.0. The molecule has 1 saturated carbocycles. The third kappa shape index (κ3) is 5.33. The summed E-state index contributed by atoms with van der Waals surface area (Å²) in [6.45, 7) is 6.22. The lowest BCUT2D eigenvalue weighted by Gasteiger charge is -2.22. The summed E-state index contributed by atoms with van der Waals surface area (Å²) in [5.74, 6) is 0.333. The molecule has 1 aliphatic rings. The van der Waals surface area contributed by atoms with E-state index in [9.17, 15) is 9.59 Å². The van der Waals surface area contributed by atoms with E-state index in [2.05, 4.69) is 31.4 Å². The first kappa shape index (κ1) is 19.0. The van der Waals surface area contributed by atoms with Crippen molar-refractivity contribution < 1.29 is 14.3 Å². The third-order valence-electron chi connectivity index (χ3n) is 4.37. The Morgan fingerprint density at radius 2 is 1.81 bits per heavy atom. The maximum absolute atomic E-state index is 12.3. The lowest BCUT2D eigenvalue weighted by Crippen LogP contribution is -2.25. The van der Waals surface area contributed by atoms with Gasteiger partial charge in [0.05, 0.1) is 0 Å². The largest absolute Gasteiger partial charge is 0.483 e. The van der Waals surface area contributed by atoms with Crippen molar-refractivity contribution in [2.45, 2.75) is 45.1 Å². The Morgan fingerprint density at radius 3 is 2.52 bits per heavy atom. The molecule has 0 heterocycles. The molecule has 1 aliphatic carbocycles. The van der Waals surface area contributed by atoms with Gasteiger partial charge in [0, 0.05) is 17.3 Å². The molecule has 2 amide bonds. The van der Waals surface area contributed by atoms with Crippen LogP contribution in [-0.2, 0) is 10.2 Å². The van der Waals surface area contributed by atoms with Crippen LogP contribution in [0.1, 0.15) is 49.5 Å². The summed E-state index contributed by atoms with van der Waals surface area (Å²) in [5.41, 5.74) is 2.10. The van der Waals surface area contributed by atoms with E-state index in [-0.39, 0.29) is 23.8 Å². The van der Waals surface area contributed by atoms with Gasteiger partial charge in [0.25, 0.3) is 11.8 Å². The Hall–Kier alpha value is -2.82. The van der Waals surface area contributed by atoms with Crippen LogP contribution in [0.5, 0.6) is 5.75 Å². The van der Waals surface area contributed by atoms with Crippen molar-refractivity contribution in [1.82, 2.24) is 5.32 Å². The number of carbonyl (C=O) groups excluding carboxylic acids is 2. The summed E-state index contributed by atoms with van der Waals surface area (Å²) in [4.78, 5) is 24.4. The lowest BCUT2D eigenvalue weighted by atomic mass is 9.86. The molecule has 0 bridgehead atoms. The lowest BCUT2D eigenvalue weighted by molar-refractivity contribution is -0.118. The molecule has 27 heavy (non-hydrogen) atoms. The molecule has 0 aromatic heterocycles. The van der Waals surface area contributed by atoms with E-state index in [0.717, 1.165) is 18.4 Å². The minimum Gasteiger partial charge on any atom is -0.483 e. The van der Waals surface area contributed by atoms with Crippen molar-refractivity contribution in [2.24, 2.45) is 0 Å². The smallest absolute Gasteiger partial charge is 0.262 e. The van der Waals surface area contributed by atoms with Crippen LogP contribution < -0.4 is 15.4 Å². The zero-order valence-electron chi connectivity index (χ0n) is 16.0. The fourth-order valence-electron chi connectivity index (χ4n) is 2.79. The fraction of sp³-hybridized carbons (Fsp3) is 0.364. The van der Waals surface area contributed by atoms with Crippen LogP contribution in [0.15, 0.2) is 48.5 Å². The van der Waals surface area contributed by atoms with Crippen molar-refractivity contribution in [2.75, 3.05) is 11.9 Å². The molecule has 2 aromatic carbocycles. The summed E-state index contributed by atoms with van der Waals surface area (Å²) >= 11 is 0. The van der Waals surface area contributed by atoms with Gasteiger partial charge in [0.1, 0.15) is 5.75 Å². The first-order valence-corrected chi connectivity index (χ1v) is 9.26. The molecule has 0 radical (unpaired) electrons. The monoisotopic (exact) mass is 366 g/mol. The standard InChI is InChI=1S/C22H26N2O3/c1-22(2,3)18-9-4-5-10-19(18)27-14-20(25)23-17-8-6-7-15(13-17)21(26)24-16-11-12-16/h4-10,13,16H,11-12,14H2,1-3H3,(H,23,25)(H,24,26). The predicted molar refractivity (Wildman–Crippen MR) is 106 cm³/mol. The Labute approximate surface area is 160 Å². The van der Waals surface area contributed by atoms with Gasteiger partial charge in [-0.3, -0.25) is 9.59 Å². The highest BCUT2D eigenvalue weighted by molar-refractivity contribution is 5.97. The van der Waals surface area contributed by atoms with Gasteiger partial charge in [-0.25, -0.2) is 0 Å². The average Bonchev–Trinajstić information content (AvgIpc) is 3.43. The molecule has 5 heteroatoms. The molecule has 2 N–H and O–H groups in total. The van der Waals surface area contributed by atoms with E-state index in [1.807, 2.05) is 24.3 Å². The van der Waals surface area contributed by atoms with Crippen molar-refractivity contribution in [3.8, 4) is 5.75 Å². The van der Waals surface area contributed by atoms with Gasteiger partial charge in [-0.05, 0) is 48.1 Å².